The molecular formula is C10H13IO. The van der Waals surface area contributed by atoms with Crippen molar-refractivity contribution in [1.82, 2.24) is 0 Å². The fourth-order valence-electron chi connectivity index (χ4n) is 1.14. The third-order valence-corrected chi connectivity index (χ3v) is 2.82. The van der Waals surface area contributed by atoms with Gasteiger partial charge in [-0.3, -0.25) is 0 Å². The summed E-state index contributed by atoms with van der Waals surface area (Å²) in [5, 5.41) is 0. The molecule has 0 saturated carbocycles. The van der Waals surface area contributed by atoms with Gasteiger partial charge >= 0.3 is 0 Å². The van der Waals surface area contributed by atoms with E-state index in [-0.39, 0.29) is 0 Å². The lowest BCUT2D eigenvalue weighted by molar-refractivity contribution is 0.414. The number of aryl methyl sites for hydroxylation is 1. The number of halogens is 1. The molecule has 0 aliphatic rings. The zero-order chi connectivity index (χ0) is 8.97. The summed E-state index contributed by atoms with van der Waals surface area (Å²) in [5.74, 6) is 0.957. The summed E-state index contributed by atoms with van der Waals surface area (Å²) in [4.78, 5) is 0. The monoisotopic (exact) mass is 276 g/mol. The predicted octanol–water partition coefficient (Wildman–Crippen LogP) is 3.25. The van der Waals surface area contributed by atoms with Crippen molar-refractivity contribution in [2.75, 3.05) is 7.11 Å². The molecule has 0 fully saturated rings. The molecule has 0 aliphatic heterocycles. The van der Waals surface area contributed by atoms with Crippen LogP contribution < -0.4 is 4.74 Å². The Bertz CT molecular complexity index is 258. The fourth-order valence-corrected chi connectivity index (χ4v) is 1.74. The quantitative estimate of drug-likeness (QED) is 0.770. The first kappa shape index (κ1) is 9.84. The third kappa shape index (κ3) is 2.37. The molecule has 0 amide bonds. The van der Waals surface area contributed by atoms with Crippen molar-refractivity contribution in [3.05, 3.63) is 27.3 Å². The van der Waals surface area contributed by atoms with Gasteiger partial charge in [-0.05, 0) is 52.8 Å². The van der Waals surface area contributed by atoms with Crippen molar-refractivity contribution in [3.63, 3.8) is 0 Å². The minimum Gasteiger partial charge on any atom is -0.497 e. The zero-order valence-corrected chi connectivity index (χ0v) is 9.59. The normalized spacial score (nSPS) is 9.92. The van der Waals surface area contributed by atoms with E-state index in [1.165, 1.54) is 15.6 Å². The Morgan fingerprint density at radius 3 is 2.75 bits per heavy atom. The highest BCUT2D eigenvalue weighted by Gasteiger charge is 1.99. The van der Waals surface area contributed by atoms with Crippen LogP contribution in [0.1, 0.15) is 18.9 Å². The van der Waals surface area contributed by atoms with E-state index in [1.54, 1.807) is 7.11 Å². The number of methoxy groups -OCH3 is 1. The standard InChI is InChI=1S/C10H13IO/c1-3-4-8-7-9(12-2)5-6-10(8)11/h5-7H,3-4H2,1-2H3. The summed E-state index contributed by atoms with van der Waals surface area (Å²) in [6, 6.07) is 6.22. The van der Waals surface area contributed by atoms with E-state index in [9.17, 15) is 0 Å². The van der Waals surface area contributed by atoms with Crippen LogP contribution in [0.4, 0.5) is 0 Å². The molecule has 0 radical (unpaired) electrons. The van der Waals surface area contributed by atoms with Crippen LogP contribution in [0, 0.1) is 3.57 Å². The number of benzene rings is 1. The van der Waals surface area contributed by atoms with Gasteiger partial charge < -0.3 is 4.74 Å². The fraction of sp³-hybridized carbons (Fsp3) is 0.400. The average Bonchev–Trinajstić information content (AvgIpc) is 2.09. The van der Waals surface area contributed by atoms with Gasteiger partial charge in [0.2, 0.25) is 0 Å². The average molecular weight is 276 g/mol. The first-order valence-corrected chi connectivity index (χ1v) is 5.18. The molecule has 0 N–H and O–H groups in total. The molecule has 0 saturated heterocycles. The maximum absolute atomic E-state index is 5.15. The molecule has 66 valence electrons. The smallest absolute Gasteiger partial charge is 0.119 e. The first-order valence-electron chi connectivity index (χ1n) is 4.10. The Balaban J connectivity index is 2.91. The molecule has 12 heavy (non-hydrogen) atoms. The molecule has 0 aromatic heterocycles. The van der Waals surface area contributed by atoms with E-state index in [0.717, 1.165) is 12.2 Å². The molecule has 1 rings (SSSR count). The Labute approximate surface area is 87.3 Å². The largest absolute Gasteiger partial charge is 0.497 e. The van der Waals surface area contributed by atoms with E-state index in [2.05, 4.69) is 41.6 Å². The van der Waals surface area contributed by atoms with E-state index >= 15 is 0 Å². The van der Waals surface area contributed by atoms with Crippen LogP contribution >= 0.6 is 22.6 Å². The minimum atomic E-state index is 0.957. The molecule has 0 heterocycles. The van der Waals surface area contributed by atoms with Crippen molar-refractivity contribution < 1.29 is 4.74 Å². The SMILES string of the molecule is CCCc1cc(OC)ccc1I. The summed E-state index contributed by atoms with van der Waals surface area (Å²) in [6.45, 7) is 2.19. The lowest BCUT2D eigenvalue weighted by atomic mass is 10.1. The van der Waals surface area contributed by atoms with E-state index in [1.807, 2.05) is 6.07 Å². The zero-order valence-electron chi connectivity index (χ0n) is 7.43. The highest BCUT2D eigenvalue weighted by atomic mass is 127. The van der Waals surface area contributed by atoms with Crippen LogP contribution in [0.25, 0.3) is 0 Å². The maximum Gasteiger partial charge on any atom is 0.119 e. The third-order valence-electron chi connectivity index (χ3n) is 1.77. The second kappa shape index (κ2) is 4.70. The Morgan fingerprint density at radius 1 is 1.42 bits per heavy atom. The molecular weight excluding hydrogens is 263 g/mol. The van der Waals surface area contributed by atoms with Gasteiger partial charge in [0.15, 0.2) is 0 Å². The predicted molar refractivity (Wildman–Crippen MR) is 59.7 cm³/mol. The molecule has 2 heteroatoms. The van der Waals surface area contributed by atoms with Crippen molar-refractivity contribution in [2.24, 2.45) is 0 Å². The van der Waals surface area contributed by atoms with Gasteiger partial charge in [0.1, 0.15) is 5.75 Å². The lowest BCUT2D eigenvalue weighted by Crippen LogP contribution is -1.90. The Kier molecular flexibility index (Phi) is 3.85. The Hall–Kier alpha value is -0.250. The van der Waals surface area contributed by atoms with Gasteiger partial charge in [-0.2, -0.15) is 0 Å². The summed E-state index contributed by atoms with van der Waals surface area (Å²) in [7, 11) is 1.71. The molecule has 0 spiro atoms. The minimum absolute atomic E-state index is 0.957. The first-order chi connectivity index (χ1) is 5.77. The van der Waals surface area contributed by atoms with Crippen molar-refractivity contribution in [2.45, 2.75) is 19.8 Å². The van der Waals surface area contributed by atoms with Crippen molar-refractivity contribution in [3.8, 4) is 5.75 Å². The number of ether oxygens (including phenoxy) is 1. The maximum atomic E-state index is 5.15. The van der Waals surface area contributed by atoms with Crippen LogP contribution in [0.5, 0.6) is 5.75 Å². The van der Waals surface area contributed by atoms with Crippen molar-refractivity contribution >= 4 is 22.6 Å². The highest BCUT2D eigenvalue weighted by molar-refractivity contribution is 14.1. The highest BCUT2D eigenvalue weighted by Crippen LogP contribution is 2.20. The molecule has 0 atom stereocenters. The molecule has 0 unspecified atom stereocenters. The second-order valence-electron chi connectivity index (χ2n) is 2.71. The van der Waals surface area contributed by atoms with Crippen LogP contribution in [-0.2, 0) is 6.42 Å². The summed E-state index contributed by atoms with van der Waals surface area (Å²) >= 11 is 2.36. The molecule has 1 aromatic rings. The van der Waals surface area contributed by atoms with Gasteiger partial charge in [0.25, 0.3) is 0 Å². The topological polar surface area (TPSA) is 9.23 Å². The number of rotatable bonds is 3. The summed E-state index contributed by atoms with van der Waals surface area (Å²) < 4.78 is 6.48. The summed E-state index contributed by atoms with van der Waals surface area (Å²) in [6.07, 6.45) is 2.32. The van der Waals surface area contributed by atoms with Crippen LogP contribution in [0.15, 0.2) is 18.2 Å². The number of hydrogen-bond acceptors (Lipinski definition) is 1. The van der Waals surface area contributed by atoms with Crippen LogP contribution in [0.2, 0.25) is 0 Å². The molecule has 1 nitrogen and oxygen atoms in total. The lowest BCUT2D eigenvalue weighted by Gasteiger charge is -2.05. The molecule has 0 aliphatic carbocycles. The van der Waals surface area contributed by atoms with Gasteiger partial charge in [-0.15, -0.1) is 0 Å². The van der Waals surface area contributed by atoms with Crippen LogP contribution in [0.3, 0.4) is 0 Å². The molecule has 1 aromatic carbocycles. The number of hydrogen-bond donors (Lipinski definition) is 0. The van der Waals surface area contributed by atoms with Crippen molar-refractivity contribution in [1.29, 1.82) is 0 Å². The second-order valence-corrected chi connectivity index (χ2v) is 3.87. The van der Waals surface area contributed by atoms with E-state index in [0.29, 0.717) is 0 Å². The van der Waals surface area contributed by atoms with E-state index in [4.69, 9.17) is 4.74 Å². The van der Waals surface area contributed by atoms with Gasteiger partial charge in [-0.25, -0.2) is 0 Å². The van der Waals surface area contributed by atoms with Gasteiger partial charge in [-0.1, -0.05) is 13.3 Å². The summed E-state index contributed by atoms with van der Waals surface area (Å²) in [5.41, 5.74) is 1.39. The Morgan fingerprint density at radius 2 is 2.17 bits per heavy atom. The van der Waals surface area contributed by atoms with E-state index < -0.39 is 0 Å². The molecule has 0 bridgehead atoms. The van der Waals surface area contributed by atoms with Crippen LogP contribution in [-0.4, -0.2) is 7.11 Å². The van der Waals surface area contributed by atoms with Gasteiger partial charge in [0, 0.05) is 3.57 Å². The van der Waals surface area contributed by atoms with Gasteiger partial charge in [0.05, 0.1) is 7.11 Å².